The molecule has 0 atom stereocenters. The van der Waals surface area contributed by atoms with Crippen LogP contribution in [0.25, 0.3) is 11.1 Å². The number of fused-ring (bicyclic) bond motifs is 3. The van der Waals surface area contributed by atoms with Crippen LogP contribution in [0.4, 0.5) is 0 Å². The fourth-order valence-corrected chi connectivity index (χ4v) is 3.12. The van der Waals surface area contributed by atoms with Gasteiger partial charge in [-0.05, 0) is 29.2 Å². The minimum atomic E-state index is -0.509. The Labute approximate surface area is 146 Å². The van der Waals surface area contributed by atoms with Crippen LogP contribution < -0.4 is 5.48 Å². The predicted molar refractivity (Wildman–Crippen MR) is 93.9 cm³/mol. The Morgan fingerprint density at radius 2 is 1.60 bits per heavy atom. The van der Waals surface area contributed by atoms with Crippen LogP contribution in [0, 0.1) is 0 Å². The van der Waals surface area contributed by atoms with Gasteiger partial charge in [-0.2, -0.15) is 5.48 Å². The van der Waals surface area contributed by atoms with Crippen LogP contribution in [-0.2, 0) is 19.2 Å². The first-order valence-corrected chi connectivity index (χ1v) is 8.41. The standard InChI is InChI=1S/C20H21NO4/c1-2-25-21-12-14(22)11-20(23)24-13-19-17-9-5-3-7-15(17)16-8-4-6-10-18(16)19/h3-10,19,21H,2,11-13H2,1H3. The largest absolute Gasteiger partial charge is 0.464 e. The van der Waals surface area contributed by atoms with Crippen molar-refractivity contribution in [2.24, 2.45) is 0 Å². The van der Waals surface area contributed by atoms with E-state index in [4.69, 9.17) is 9.57 Å². The summed E-state index contributed by atoms with van der Waals surface area (Å²) >= 11 is 0. The van der Waals surface area contributed by atoms with Gasteiger partial charge < -0.3 is 9.57 Å². The van der Waals surface area contributed by atoms with Crippen molar-refractivity contribution in [2.75, 3.05) is 19.8 Å². The van der Waals surface area contributed by atoms with Crippen molar-refractivity contribution in [1.82, 2.24) is 5.48 Å². The lowest BCUT2D eigenvalue weighted by Gasteiger charge is -2.14. The molecule has 3 rings (SSSR count). The molecule has 0 fully saturated rings. The number of nitrogens with one attached hydrogen (secondary N) is 1. The monoisotopic (exact) mass is 339 g/mol. The van der Waals surface area contributed by atoms with Gasteiger partial charge in [-0.3, -0.25) is 9.59 Å². The van der Waals surface area contributed by atoms with Gasteiger partial charge >= 0.3 is 5.97 Å². The number of esters is 1. The molecule has 0 bridgehead atoms. The zero-order chi connectivity index (χ0) is 17.6. The van der Waals surface area contributed by atoms with E-state index in [9.17, 15) is 9.59 Å². The van der Waals surface area contributed by atoms with Crippen LogP contribution >= 0.6 is 0 Å². The second kappa shape index (κ2) is 8.05. The van der Waals surface area contributed by atoms with Crippen LogP contribution in [0.1, 0.15) is 30.4 Å². The summed E-state index contributed by atoms with van der Waals surface area (Å²) in [6.45, 7) is 2.50. The van der Waals surface area contributed by atoms with Gasteiger partial charge in [0.15, 0.2) is 5.78 Å². The van der Waals surface area contributed by atoms with E-state index in [1.54, 1.807) is 0 Å². The first-order chi connectivity index (χ1) is 12.2. The Bertz CT molecular complexity index is 726. The van der Waals surface area contributed by atoms with Crippen LogP contribution in [0.15, 0.2) is 48.5 Å². The molecule has 1 aliphatic carbocycles. The summed E-state index contributed by atoms with van der Waals surface area (Å²) in [5.74, 6) is -0.760. The molecule has 5 nitrogen and oxygen atoms in total. The number of rotatable bonds is 8. The SMILES string of the molecule is CCONCC(=O)CC(=O)OCC1c2ccccc2-c2ccccc21. The molecule has 0 radical (unpaired) electrons. The van der Waals surface area contributed by atoms with Crippen molar-refractivity contribution in [1.29, 1.82) is 0 Å². The Hall–Kier alpha value is -2.50. The molecule has 1 aliphatic rings. The maximum atomic E-state index is 12.0. The zero-order valence-corrected chi connectivity index (χ0v) is 14.2. The first-order valence-electron chi connectivity index (χ1n) is 8.41. The predicted octanol–water partition coefficient (Wildman–Crippen LogP) is 2.84. The van der Waals surface area contributed by atoms with Crippen LogP contribution in [0.2, 0.25) is 0 Å². The molecule has 0 aliphatic heterocycles. The Morgan fingerprint density at radius 1 is 1.00 bits per heavy atom. The van der Waals surface area contributed by atoms with Gasteiger partial charge in [0.1, 0.15) is 13.0 Å². The first kappa shape index (κ1) is 17.3. The summed E-state index contributed by atoms with van der Waals surface area (Å²) in [5, 5.41) is 0. The van der Waals surface area contributed by atoms with E-state index >= 15 is 0 Å². The van der Waals surface area contributed by atoms with Gasteiger partial charge in [-0.15, -0.1) is 0 Å². The normalized spacial score (nSPS) is 12.5. The van der Waals surface area contributed by atoms with Crippen LogP contribution in [0.3, 0.4) is 0 Å². The summed E-state index contributed by atoms with van der Waals surface area (Å²) in [7, 11) is 0. The molecule has 0 unspecified atom stereocenters. The number of carbonyl (C=O) groups is 2. The smallest absolute Gasteiger partial charge is 0.313 e. The lowest BCUT2D eigenvalue weighted by atomic mass is 9.98. The topological polar surface area (TPSA) is 64.6 Å². The van der Waals surface area contributed by atoms with Crippen molar-refractivity contribution in [3.05, 3.63) is 59.7 Å². The second-order valence-corrected chi connectivity index (χ2v) is 5.88. The molecular weight excluding hydrogens is 318 g/mol. The third-order valence-electron chi connectivity index (χ3n) is 4.23. The number of Topliss-reactive ketones (excluding diaryl/α,β-unsaturated/α-hetero) is 1. The van der Waals surface area contributed by atoms with E-state index in [1.165, 1.54) is 11.1 Å². The van der Waals surface area contributed by atoms with Gasteiger partial charge in [-0.1, -0.05) is 48.5 Å². The summed E-state index contributed by atoms with van der Waals surface area (Å²) < 4.78 is 5.39. The van der Waals surface area contributed by atoms with E-state index in [1.807, 2.05) is 31.2 Å². The van der Waals surface area contributed by atoms with Crippen LogP contribution in [0.5, 0.6) is 0 Å². The molecule has 130 valence electrons. The molecule has 0 saturated heterocycles. The number of ketones is 1. The Morgan fingerprint density at radius 3 is 2.20 bits per heavy atom. The summed E-state index contributed by atoms with van der Waals surface area (Å²) in [5.41, 5.74) is 7.17. The van der Waals surface area contributed by atoms with E-state index < -0.39 is 5.97 Å². The van der Waals surface area contributed by atoms with Crippen molar-refractivity contribution < 1.29 is 19.2 Å². The molecule has 0 amide bonds. The minimum absolute atomic E-state index is 0.00195. The molecule has 25 heavy (non-hydrogen) atoms. The number of hydroxylamine groups is 1. The van der Waals surface area contributed by atoms with E-state index in [0.717, 1.165) is 11.1 Å². The molecule has 0 heterocycles. The third kappa shape index (κ3) is 3.95. The summed E-state index contributed by atoms with van der Waals surface area (Å²) in [6.07, 6.45) is -0.254. The highest BCUT2D eigenvalue weighted by Crippen LogP contribution is 2.44. The molecule has 0 aromatic heterocycles. The lowest BCUT2D eigenvalue weighted by molar-refractivity contribution is -0.146. The molecular formula is C20H21NO4. The fraction of sp³-hybridized carbons (Fsp3) is 0.300. The average Bonchev–Trinajstić information content (AvgIpc) is 2.94. The number of benzene rings is 2. The number of ether oxygens (including phenoxy) is 1. The minimum Gasteiger partial charge on any atom is -0.464 e. The average molecular weight is 339 g/mol. The number of hydrogen-bond donors (Lipinski definition) is 1. The van der Waals surface area contributed by atoms with Gasteiger partial charge in [0, 0.05) is 5.92 Å². The quantitative estimate of drug-likeness (QED) is 0.347. The van der Waals surface area contributed by atoms with Crippen molar-refractivity contribution in [2.45, 2.75) is 19.3 Å². The molecule has 2 aromatic carbocycles. The molecule has 5 heteroatoms. The van der Waals surface area contributed by atoms with E-state index in [-0.39, 0.29) is 31.3 Å². The van der Waals surface area contributed by atoms with Gasteiger partial charge in [-0.25, -0.2) is 0 Å². The van der Waals surface area contributed by atoms with Crippen molar-refractivity contribution in [3.8, 4) is 11.1 Å². The zero-order valence-electron chi connectivity index (χ0n) is 14.2. The lowest BCUT2D eigenvalue weighted by Crippen LogP contribution is -2.26. The highest BCUT2D eigenvalue weighted by atomic mass is 16.6. The fourth-order valence-electron chi connectivity index (χ4n) is 3.12. The molecule has 0 spiro atoms. The van der Waals surface area contributed by atoms with Gasteiger partial charge in [0.05, 0.1) is 13.2 Å². The van der Waals surface area contributed by atoms with Gasteiger partial charge in [0.2, 0.25) is 0 Å². The number of hydrogen-bond acceptors (Lipinski definition) is 5. The Balaban J connectivity index is 1.62. The third-order valence-corrected chi connectivity index (χ3v) is 4.23. The Kier molecular flexibility index (Phi) is 5.58. The summed E-state index contributed by atoms with van der Waals surface area (Å²) in [4.78, 5) is 28.5. The maximum Gasteiger partial charge on any atom is 0.313 e. The van der Waals surface area contributed by atoms with E-state index in [0.29, 0.717) is 6.61 Å². The highest BCUT2D eigenvalue weighted by Gasteiger charge is 2.29. The summed E-state index contributed by atoms with van der Waals surface area (Å²) in [6, 6.07) is 16.3. The van der Waals surface area contributed by atoms with Crippen LogP contribution in [-0.4, -0.2) is 31.5 Å². The second-order valence-electron chi connectivity index (χ2n) is 5.88. The molecule has 1 N–H and O–H groups in total. The maximum absolute atomic E-state index is 12.0. The molecule has 0 saturated carbocycles. The highest BCUT2D eigenvalue weighted by molar-refractivity contribution is 5.96. The number of carbonyl (C=O) groups excluding carboxylic acids is 2. The molecule has 2 aromatic rings. The van der Waals surface area contributed by atoms with Crippen molar-refractivity contribution >= 4 is 11.8 Å². The van der Waals surface area contributed by atoms with E-state index in [2.05, 4.69) is 29.7 Å². The van der Waals surface area contributed by atoms with Gasteiger partial charge in [0.25, 0.3) is 0 Å². The van der Waals surface area contributed by atoms with Crippen molar-refractivity contribution in [3.63, 3.8) is 0 Å².